The Morgan fingerprint density at radius 1 is 1.23 bits per heavy atom. The van der Waals surface area contributed by atoms with Gasteiger partial charge in [-0.3, -0.25) is 9.59 Å². The number of likely N-dealkylation sites (tertiary alicyclic amines) is 1. The molecule has 1 aromatic heterocycles. The number of carbonyl (C=O) groups excluding carboxylic acids is 4. The average Bonchev–Trinajstić information content (AvgIpc) is 3.38. The molecule has 0 saturated carbocycles. The molecule has 0 radical (unpaired) electrons. The van der Waals surface area contributed by atoms with Crippen LogP contribution in [0.4, 0.5) is 21.1 Å². The molecular formula is C28H34N6O5. The monoisotopic (exact) mass is 534 g/mol. The second-order valence-electron chi connectivity index (χ2n) is 11.5. The molecule has 1 fully saturated rings. The Balaban J connectivity index is 1.24. The van der Waals surface area contributed by atoms with Crippen LogP contribution in [-0.2, 0) is 32.6 Å². The van der Waals surface area contributed by atoms with E-state index < -0.39 is 35.1 Å². The van der Waals surface area contributed by atoms with Gasteiger partial charge in [-0.05, 0) is 75.8 Å². The van der Waals surface area contributed by atoms with Crippen molar-refractivity contribution >= 4 is 35.4 Å². The van der Waals surface area contributed by atoms with Crippen LogP contribution >= 0.6 is 0 Å². The topological polar surface area (TPSA) is 147 Å². The molecule has 5 amide bonds. The van der Waals surface area contributed by atoms with Gasteiger partial charge in [0.25, 0.3) is 0 Å². The maximum atomic E-state index is 13.0. The smallest absolute Gasteiger partial charge is 0.410 e. The van der Waals surface area contributed by atoms with E-state index in [2.05, 4.69) is 15.6 Å². The molecule has 0 unspecified atom stereocenters. The summed E-state index contributed by atoms with van der Waals surface area (Å²) in [4.78, 5) is 58.0. The quantitative estimate of drug-likeness (QED) is 0.550. The number of aromatic nitrogens is 1. The molecule has 3 heterocycles. The first-order valence-corrected chi connectivity index (χ1v) is 13.2. The molecule has 1 saturated heterocycles. The number of amides is 5. The Kier molecular flexibility index (Phi) is 6.69. The molecule has 1 spiro atoms. The van der Waals surface area contributed by atoms with Crippen LogP contribution in [0.5, 0.6) is 0 Å². The van der Waals surface area contributed by atoms with Crippen LogP contribution in [0.1, 0.15) is 50.3 Å². The fraction of sp³-hybridized carbons (Fsp3) is 0.464. The number of nitrogens with zero attached hydrogens (tertiary/aromatic N) is 3. The number of anilines is 2. The van der Waals surface area contributed by atoms with E-state index in [1.807, 2.05) is 24.3 Å². The van der Waals surface area contributed by atoms with Crippen LogP contribution in [0, 0.1) is 0 Å². The van der Waals surface area contributed by atoms with Crippen molar-refractivity contribution in [3.05, 3.63) is 53.2 Å². The summed E-state index contributed by atoms with van der Waals surface area (Å²) >= 11 is 0. The first kappa shape index (κ1) is 26.5. The zero-order chi connectivity index (χ0) is 27.9. The van der Waals surface area contributed by atoms with Gasteiger partial charge in [-0.1, -0.05) is 12.1 Å². The van der Waals surface area contributed by atoms with Crippen molar-refractivity contribution in [2.75, 3.05) is 30.3 Å². The number of ether oxygens (including phenoxy) is 1. The SMILES string of the molecule is CC(C)(C)OC(=O)N1CCC[C@H](N(CC(=O)Nc2ccc3c(c2)C[C@@]2(C3)C(=O)Nc3ncccc32)C(N)=O)C1. The van der Waals surface area contributed by atoms with Crippen LogP contribution in [-0.4, -0.2) is 70.0 Å². The molecule has 4 N–H and O–H groups in total. The minimum atomic E-state index is -0.725. The van der Waals surface area contributed by atoms with E-state index in [1.54, 1.807) is 37.9 Å². The van der Waals surface area contributed by atoms with Gasteiger partial charge in [-0.25, -0.2) is 14.6 Å². The van der Waals surface area contributed by atoms with Gasteiger partial charge in [0.1, 0.15) is 18.0 Å². The highest BCUT2D eigenvalue weighted by molar-refractivity contribution is 6.06. The van der Waals surface area contributed by atoms with Crippen LogP contribution in [0.3, 0.4) is 0 Å². The average molecular weight is 535 g/mol. The van der Waals surface area contributed by atoms with Crippen molar-refractivity contribution in [1.82, 2.24) is 14.8 Å². The van der Waals surface area contributed by atoms with Gasteiger partial charge in [-0.2, -0.15) is 0 Å². The van der Waals surface area contributed by atoms with E-state index in [0.29, 0.717) is 43.7 Å². The first-order valence-electron chi connectivity index (χ1n) is 13.2. The molecule has 2 atom stereocenters. The van der Waals surface area contributed by atoms with E-state index in [9.17, 15) is 19.2 Å². The summed E-state index contributed by atoms with van der Waals surface area (Å²) < 4.78 is 5.47. The maximum Gasteiger partial charge on any atom is 0.410 e. The number of hydrogen-bond acceptors (Lipinski definition) is 6. The third-order valence-electron chi connectivity index (χ3n) is 7.55. The molecule has 2 aromatic rings. The number of urea groups is 1. The number of rotatable bonds is 4. The molecular weight excluding hydrogens is 500 g/mol. The van der Waals surface area contributed by atoms with Crippen molar-refractivity contribution in [3.63, 3.8) is 0 Å². The highest BCUT2D eigenvalue weighted by Gasteiger charge is 2.51. The molecule has 5 rings (SSSR count). The van der Waals surface area contributed by atoms with Gasteiger partial charge in [0.05, 0.1) is 11.5 Å². The van der Waals surface area contributed by atoms with Crippen LogP contribution in [0.2, 0.25) is 0 Å². The van der Waals surface area contributed by atoms with Gasteiger partial charge in [0.2, 0.25) is 11.8 Å². The number of primary amides is 1. The number of benzene rings is 1. The predicted molar refractivity (Wildman–Crippen MR) is 144 cm³/mol. The van der Waals surface area contributed by atoms with Gasteiger partial charge >= 0.3 is 12.1 Å². The lowest BCUT2D eigenvalue weighted by atomic mass is 9.79. The Labute approximate surface area is 227 Å². The lowest BCUT2D eigenvalue weighted by Crippen LogP contribution is -2.55. The maximum absolute atomic E-state index is 13.0. The summed E-state index contributed by atoms with van der Waals surface area (Å²) in [5, 5.41) is 5.76. The highest BCUT2D eigenvalue weighted by atomic mass is 16.6. The highest BCUT2D eigenvalue weighted by Crippen LogP contribution is 2.46. The molecule has 3 aliphatic rings. The number of nitrogens with one attached hydrogen (secondary N) is 2. The van der Waals surface area contributed by atoms with E-state index >= 15 is 0 Å². The van der Waals surface area contributed by atoms with Crippen LogP contribution < -0.4 is 16.4 Å². The first-order chi connectivity index (χ1) is 18.4. The predicted octanol–water partition coefficient (Wildman–Crippen LogP) is 2.79. The zero-order valence-electron chi connectivity index (χ0n) is 22.5. The Morgan fingerprint density at radius 2 is 2.00 bits per heavy atom. The molecule has 2 aliphatic heterocycles. The molecule has 1 aromatic carbocycles. The standard InChI is InChI=1S/C28H34N6O5/c1-27(2,3)39-26(38)33-11-5-6-20(15-33)34(25(29)37)16-22(35)31-19-9-8-17-13-28(14-18(17)12-19)21-7-4-10-30-23(21)32-24(28)36/h4,7-10,12,20H,5-6,11,13-16H2,1-3H3,(H2,29,37)(H,31,35)(H,30,32,36)/t20-,28+/m0/s1. The minimum Gasteiger partial charge on any atom is -0.444 e. The van der Waals surface area contributed by atoms with Crippen molar-refractivity contribution in [3.8, 4) is 0 Å². The van der Waals surface area contributed by atoms with Gasteiger partial charge in [0, 0.05) is 30.5 Å². The third kappa shape index (κ3) is 5.25. The molecule has 206 valence electrons. The summed E-state index contributed by atoms with van der Waals surface area (Å²) in [5.74, 6) is 0.135. The second-order valence-corrected chi connectivity index (χ2v) is 11.5. The van der Waals surface area contributed by atoms with E-state index in [0.717, 1.165) is 16.7 Å². The van der Waals surface area contributed by atoms with Crippen molar-refractivity contribution in [1.29, 1.82) is 0 Å². The number of carbonyl (C=O) groups is 4. The summed E-state index contributed by atoms with van der Waals surface area (Å²) in [6, 6.07) is 8.24. The number of pyridine rings is 1. The number of piperidine rings is 1. The van der Waals surface area contributed by atoms with Crippen molar-refractivity contribution in [2.45, 2.75) is 63.5 Å². The van der Waals surface area contributed by atoms with E-state index in [-0.39, 0.29) is 19.0 Å². The van der Waals surface area contributed by atoms with Crippen molar-refractivity contribution in [2.24, 2.45) is 5.73 Å². The fourth-order valence-corrected chi connectivity index (χ4v) is 5.79. The van der Waals surface area contributed by atoms with Gasteiger partial charge in [-0.15, -0.1) is 0 Å². The fourth-order valence-electron chi connectivity index (χ4n) is 5.79. The second kappa shape index (κ2) is 9.87. The third-order valence-corrected chi connectivity index (χ3v) is 7.55. The largest absolute Gasteiger partial charge is 0.444 e. The van der Waals surface area contributed by atoms with Gasteiger partial charge in [0.15, 0.2) is 0 Å². The van der Waals surface area contributed by atoms with E-state index in [4.69, 9.17) is 10.5 Å². The van der Waals surface area contributed by atoms with Gasteiger partial charge < -0.3 is 30.9 Å². The molecule has 0 bridgehead atoms. The van der Waals surface area contributed by atoms with Crippen LogP contribution in [0.15, 0.2) is 36.5 Å². The summed E-state index contributed by atoms with van der Waals surface area (Å²) in [6.07, 6.45) is 3.55. The Bertz CT molecular complexity index is 1340. The molecule has 39 heavy (non-hydrogen) atoms. The molecule has 11 heteroatoms. The minimum absolute atomic E-state index is 0.0667. The van der Waals surface area contributed by atoms with Crippen LogP contribution in [0.25, 0.3) is 0 Å². The lowest BCUT2D eigenvalue weighted by Gasteiger charge is -2.38. The molecule has 1 aliphatic carbocycles. The Hall–Kier alpha value is -4.15. The summed E-state index contributed by atoms with van der Waals surface area (Å²) in [6.45, 7) is 5.89. The number of nitrogens with two attached hydrogens (primary N) is 1. The number of hydrogen-bond donors (Lipinski definition) is 3. The lowest BCUT2D eigenvalue weighted by molar-refractivity contribution is -0.120. The summed E-state index contributed by atoms with van der Waals surface area (Å²) in [7, 11) is 0. The zero-order valence-corrected chi connectivity index (χ0v) is 22.5. The van der Waals surface area contributed by atoms with E-state index in [1.165, 1.54) is 4.90 Å². The van der Waals surface area contributed by atoms with Crippen molar-refractivity contribution < 1.29 is 23.9 Å². The normalized spacial score (nSPS) is 21.7. The number of fused-ring (bicyclic) bond motifs is 3. The molecule has 11 nitrogen and oxygen atoms in total. The summed E-state index contributed by atoms with van der Waals surface area (Å²) in [5.41, 5.74) is 7.81. The Morgan fingerprint density at radius 3 is 2.74 bits per heavy atom.